The minimum atomic E-state index is -1.14. The van der Waals surface area contributed by atoms with Crippen molar-refractivity contribution in [3.8, 4) is 0 Å². The number of fused-ring (bicyclic) bond motifs is 1. The summed E-state index contributed by atoms with van der Waals surface area (Å²) < 4.78 is 0. The Balaban J connectivity index is 2.76. The molecule has 0 aliphatic heterocycles. The maximum absolute atomic E-state index is 11.4. The molecule has 106 valence electrons. The van der Waals surface area contributed by atoms with Crippen molar-refractivity contribution in [2.45, 2.75) is 19.4 Å². The normalized spacial score (nSPS) is 11.6. The van der Waals surface area contributed by atoms with Gasteiger partial charge in [0, 0.05) is 12.4 Å². The van der Waals surface area contributed by atoms with E-state index in [0.29, 0.717) is 16.6 Å². The van der Waals surface area contributed by atoms with Crippen molar-refractivity contribution in [3.63, 3.8) is 0 Å². The fourth-order valence-electron chi connectivity index (χ4n) is 1.93. The van der Waals surface area contributed by atoms with Crippen molar-refractivity contribution < 1.29 is 15.0 Å². The van der Waals surface area contributed by atoms with Gasteiger partial charge in [0.25, 0.3) is 0 Å². The molecule has 6 nitrogen and oxygen atoms in total. The second kappa shape index (κ2) is 5.05. The number of carbonyl (C=O) groups is 1. The van der Waals surface area contributed by atoms with Crippen LogP contribution in [0.3, 0.4) is 0 Å². The van der Waals surface area contributed by atoms with Gasteiger partial charge in [-0.2, -0.15) is 0 Å². The molecule has 0 atom stereocenters. The molecule has 0 bridgehead atoms. The molecule has 1 aromatic carbocycles. The average Bonchev–Trinajstić information content (AvgIpc) is 2.45. The highest BCUT2D eigenvalue weighted by molar-refractivity contribution is 6.02. The molecule has 0 radical (unpaired) electrons. The number of benzene rings is 1. The van der Waals surface area contributed by atoms with Crippen LogP contribution < -0.4 is 4.90 Å². The Labute approximate surface area is 116 Å². The molecule has 1 aromatic heterocycles. The van der Waals surface area contributed by atoms with E-state index in [1.54, 1.807) is 24.1 Å². The Bertz CT molecular complexity index is 655. The number of carboxylic acid groups (broad SMARTS) is 1. The highest BCUT2D eigenvalue weighted by Crippen LogP contribution is 2.31. The smallest absolute Gasteiger partial charge is 0.358 e. The van der Waals surface area contributed by atoms with Crippen molar-refractivity contribution in [2.75, 3.05) is 18.6 Å². The average molecular weight is 275 g/mol. The SMILES string of the molecule is CN(c1c(C(=O)O)nnc2ccccc12)C(C)(C)CO. The van der Waals surface area contributed by atoms with Gasteiger partial charge in [0.15, 0.2) is 5.69 Å². The lowest BCUT2D eigenvalue weighted by Gasteiger charge is -2.36. The summed E-state index contributed by atoms with van der Waals surface area (Å²) in [5.41, 5.74) is 0.346. The van der Waals surface area contributed by atoms with Gasteiger partial charge in [-0.15, -0.1) is 10.2 Å². The third-order valence-corrected chi connectivity index (χ3v) is 3.47. The fourth-order valence-corrected chi connectivity index (χ4v) is 1.93. The molecule has 1 heterocycles. The van der Waals surface area contributed by atoms with E-state index in [9.17, 15) is 15.0 Å². The quantitative estimate of drug-likeness (QED) is 0.880. The number of aromatic carboxylic acids is 1. The second-order valence-electron chi connectivity index (χ2n) is 5.25. The summed E-state index contributed by atoms with van der Waals surface area (Å²) in [5.74, 6) is -1.14. The van der Waals surface area contributed by atoms with Crippen molar-refractivity contribution in [1.82, 2.24) is 10.2 Å². The lowest BCUT2D eigenvalue weighted by atomic mass is 10.0. The highest BCUT2D eigenvalue weighted by Gasteiger charge is 2.29. The molecule has 2 rings (SSSR count). The summed E-state index contributed by atoms with van der Waals surface area (Å²) in [4.78, 5) is 13.1. The first-order chi connectivity index (χ1) is 9.38. The molecule has 0 amide bonds. The standard InChI is InChI=1S/C14H17N3O3/c1-14(2,8-18)17(3)12-9-6-4-5-7-10(9)15-16-11(12)13(19)20/h4-7,18H,8H2,1-3H3,(H,19,20). The summed E-state index contributed by atoms with van der Waals surface area (Å²) in [6, 6.07) is 7.21. The topological polar surface area (TPSA) is 86.6 Å². The van der Waals surface area contributed by atoms with E-state index < -0.39 is 11.5 Å². The maximum Gasteiger partial charge on any atom is 0.358 e. The molecular weight excluding hydrogens is 258 g/mol. The van der Waals surface area contributed by atoms with Gasteiger partial charge < -0.3 is 15.1 Å². The minimum Gasteiger partial charge on any atom is -0.476 e. The van der Waals surface area contributed by atoms with E-state index in [0.717, 1.165) is 0 Å². The van der Waals surface area contributed by atoms with E-state index in [4.69, 9.17) is 0 Å². The van der Waals surface area contributed by atoms with E-state index in [2.05, 4.69) is 10.2 Å². The van der Waals surface area contributed by atoms with Crippen molar-refractivity contribution in [2.24, 2.45) is 0 Å². The zero-order chi connectivity index (χ0) is 14.9. The van der Waals surface area contributed by atoms with Crippen LogP contribution in [0.4, 0.5) is 5.69 Å². The summed E-state index contributed by atoms with van der Waals surface area (Å²) in [6.07, 6.45) is 0. The van der Waals surface area contributed by atoms with Gasteiger partial charge >= 0.3 is 5.97 Å². The molecule has 2 aromatic rings. The molecule has 0 saturated carbocycles. The zero-order valence-electron chi connectivity index (χ0n) is 11.7. The zero-order valence-corrected chi connectivity index (χ0v) is 11.7. The number of likely N-dealkylation sites (N-methyl/N-ethyl adjacent to an activating group) is 1. The molecule has 0 spiro atoms. The molecule has 0 aliphatic carbocycles. The fraction of sp³-hybridized carbons (Fsp3) is 0.357. The van der Waals surface area contributed by atoms with Crippen molar-refractivity contribution in [3.05, 3.63) is 30.0 Å². The van der Waals surface area contributed by atoms with E-state index in [1.807, 2.05) is 26.0 Å². The molecule has 6 heteroatoms. The molecule has 2 N–H and O–H groups in total. The maximum atomic E-state index is 11.4. The first-order valence-electron chi connectivity index (χ1n) is 6.22. The monoisotopic (exact) mass is 275 g/mol. The lowest BCUT2D eigenvalue weighted by molar-refractivity contribution is 0.0689. The van der Waals surface area contributed by atoms with Gasteiger partial charge in [0.05, 0.1) is 23.3 Å². The number of aliphatic hydroxyl groups is 1. The largest absolute Gasteiger partial charge is 0.476 e. The number of anilines is 1. The van der Waals surface area contributed by atoms with Crippen LogP contribution in [0.15, 0.2) is 24.3 Å². The van der Waals surface area contributed by atoms with E-state index in [1.165, 1.54) is 0 Å². The Morgan fingerprint density at radius 3 is 2.55 bits per heavy atom. The Morgan fingerprint density at radius 1 is 1.30 bits per heavy atom. The van der Waals surface area contributed by atoms with Crippen LogP contribution in [0.5, 0.6) is 0 Å². The molecule has 0 fully saturated rings. The summed E-state index contributed by atoms with van der Waals surface area (Å²) in [7, 11) is 1.74. The summed E-state index contributed by atoms with van der Waals surface area (Å²) in [6.45, 7) is 3.54. The van der Waals surface area contributed by atoms with E-state index in [-0.39, 0.29) is 12.3 Å². The van der Waals surface area contributed by atoms with Gasteiger partial charge in [-0.1, -0.05) is 18.2 Å². The van der Waals surface area contributed by atoms with Crippen LogP contribution in [0.2, 0.25) is 0 Å². The molecule has 0 saturated heterocycles. The Morgan fingerprint density at radius 2 is 1.95 bits per heavy atom. The number of aliphatic hydroxyl groups excluding tert-OH is 1. The van der Waals surface area contributed by atoms with Crippen LogP contribution in [-0.2, 0) is 0 Å². The first kappa shape index (κ1) is 14.2. The van der Waals surface area contributed by atoms with Gasteiger partial charge in [0.2, 0.25) is 0 Å². The van der Waals surface area contributed by atoms with Crippen LogP contribution in [0, 0.1) is 0 Å². The van der Waals surface area contributed by atoms with Gasteiger partial charge in [-0.25, -0.2) is 4.79 Å². The molecule has 0 unspecified atom stereocenters. The number of nitrogens with zero attached hydrogens (tertiary/aromatic N) is 3. The van der Waals surface area contributed by atoms with Crippen LogP contribution in [0.25, 0.3) is 10.9 Å². The minimum absolute atomic E-state index is 0.112. The summed E-state index contributed by atoms with van der Waals surface area (Å²) in [5, 5.41) is 27.3. The molecule has 20 heavy (non-hydrogen) atoms. The van der Waals surface area contributed by atoms with Crippen molar-refractivity contribution >= 4 is 22.6 Å². The van der Waals surface area contributed by atoms with Crippen LogP contribution in [0.1, 0.15) is 24.3 Å². The Kier molecular flexibility index (Phi) is 3.59. The number of rotatable bonds is 4. The third kappa shape index (κ3) is 2.30. The molecule has 0 aliphatic rings. The Hall–Kier alpha value is -2.21. The van der Waals surface area contributed by atoms with E-state index >= 15 is 0 Å². The lowest BCUT2D eigenvalue weighted by Crippen LogP contribution is -2.45. The first-order valence-corrected chi connectivity index (χ1v) is 6.22. The number of hydrogen-bond donors (Lipinski definition) is 2. The number of carboxylic acids is 1. The second-order valence-corrected chi connectivity index (χ2v) is 5.25. The number of aromatic nitrogens is 2. The van der Waals surface area contributed by atoms with Gasteiger partial charge in [-0.05, 0) is 19.9 Å². The predicted molar refractivity (Wildman–Crippen MR) is 76.1 cm³/mol. The van der Waals surface area contributed by atoms with Crippen LogP contribution >= 0.6 is 0 Å². The van der Waals surface area contributed by atoms with Gasteiger partial charge in [-0.3, -0.25) is 0 Å². The number of hydrogen-bond acceptors (Lipinski definition) is 5. The molecular formula is C14H17N3O3. The predicted octanol–water partition coefficient (Wildman–Crippen LogP) is 1.54. The summed E-state index contributed by atoms with van der Waals surface area (Å²) >= 11 is 0. The third-order valence-electron chi connectivity index (χ3n) is 3.47. The van der Waals surface area contributed by atoms with Crippen molar-refractivity contribution in [1.29, 1.82) is 0 Å². The van der Waals surface area contributed by atoms with Gasteiger partial charge in [0.1, 0.15) is 0 Å². The highest BCUT2D eigenvalue weighted by atomic mass is 16.4. The van der Waals surface area contributed by atoms with Crippen LogP contribution in [-0.4, -0.2) is 45.6 Å².